The summed E-state index contributed by atoms with van der Waals surface area (Å²) in [5, 5.41) is 3.03. The first kappa shape index (κ1) is 79.7. The zero-order valence-electron chi connectivity index (χ0n) is 54.6. The molecule has 1 N–H and O–H groups in total. The highest BCUT2D eigenvalue weighted by Crippen LogP contribution is 2.38. The fourth-order valence-corrected chi connectivity index (χ4v) is 10.2. The van der Waals surface area contributed by atoms with Crippen LogP contribution in [-0.2, 0) is 27.9 Å². The summed E-state index contributed by atoms with van der Waals surface area (Å²) in [4.78, 5) is 40.2. The molecule has 9 nitrogen and oxygen atoms in total. The van der Waals surface area contributed by atoms with Gasteiger partial charge in [0, 0.05) is 12.8 Å². The first-order valence-electron chi connectivity index (χ1n) is 34.2. The summed E-state index contributed by atoms with van der Waals surface area (Å²) in [7, 11) is 1.16. The fourth-order valence-electron chi connectivity index (χ4n) is 9.44. The lowest BCUT2D eigenvalue weighted by Gasteiger charge is -2.30. The maximum Gasteiger partial charge on any atom is 0.306 e. The van der Waals surface area contributed by atoms with Crippen LogP contribution < -0.4 is 10.2 Å². The Morgan fingerprint density at radius 1 is 0.434 bits per heavy atom. The molecule has 0 rings (SSSR count). The van der Waals surface area contributed by atoms with Crippen LogP contribution in [0.1, 0.15) is 290 Å². The number of allylic oxidation sites excluding steroid dienone is 17. The number of rotatable bonds is 61. The molecule has 0 heterocycles. The van der Waals surface area contributed by atoms with Gasteiger partial charge in [-0.1, -0.05) is 272 Å². The number of phosphoric ester groups is 1. The summed E-state index contributed by atoms with van der Waals surface area (Å²) >= 11 is 0. The Morgan fingerprint density at radius 3 is 1.18 bits per heavy atom. The van der Waals surface area contributed by atoms with Crippen molar-refractivity contribution in [1.29, 1.82) is 0 Å². The van der Waals surface area contributed by atoms with E-state index in [4.69, 9.17) is 13.8 Å². The van der Waals surface area contributed by atoms with Crippen molar-refractivity contribution >= 4 is 19.7 Å². The van der Waals surface area contributed by atoms with E-state index in [2.05, 4.69) is 123 Å². The Kier molecular flexibility index (Phi) is 59.3. The normalized spacial score (nSPS) is 14.3. The summed E-state index contributed by atoms with van der Waals surface area (Å²) in [5.74, 6) is -0.572. The van der Waals surface area contributed by atoms with Gasteiger partial charge >= 0.3 is 5.97 Å². The van der Waals surface area contributed by atoms with Gasteiger partial charge in [0.2, 0.25) is 5.91 Å². The van der Waals surface area contributed by atoms with Gasteiger partial charge in [0.25, 0.3) is 7.82 Å². The largest absolute Gasteiger partial charge is 0.756 e. The van der Waals surface area contributed by atoms with Gasteiger partial charge in [0.1, 0.15) is 19.3 Å². The second kappa shape index (κ2) is 61.7. The van der Waals surface area contributed by atoms with E-state index < -0.39 is 26.6 Å². The minimum absolute atomic E-state index is 0.0318. The van der Waals surface area contributed by atoms with Crippen LogP contribution in [0, 0.1) is 0 Å². The number of carbonyl (C=O) groups is 2. The van der Waals surface area contributed by atoms with E-state index >= 15 is 0 Å². The number of ether oxygens (including phenoxy) is 1. The number of amides is 1. The van der Waals surface area contributed by atoms with E-state index in [1.807, 2.05) is 33.3 Å². The van der Waals surface area contributed by atoms with Crippen LogP contribution in [0.15, 0.2) is 109 Å². The van der Waals surface area contributed by atoms with E-state index in [0.717, 1.165) is 116 Å². The molecular formula is C73H129N2O7P. The molecule has 0 aromatic rings. The van der Waals surface area contributed by atoms with Crippen molar-refractivity contribution < 1.29 is 37.3 Å². The summed E-state index contributed by atoms with van der Waals surface area (Å²) in [5.41, 5.74) is 0. The van der Waals surface area contributed by atoms with Gasteiger partial charge < -0.3 is 28.5 Å². The minimum Gasteiger partial charge on any atom is -0.756 e. The number of carbonyl (C=O) groups excluding carboxylic acids is 2. The highest BCUT2D eigenvalue weighted by Gasteiger charge is 2.27. The van der Waals surface area contributed by atoms with Crippen molar-refractivity contribution in [2.24, 2.45) is 0 Å². The number of nitrogens with zero attached hydrogens (tertiary/aromatic N) is 1. The van der Waals surface area contributed by atoms with Gasteiger partial charge in [-0.3, -0.25) is 14.2 Å². The van der Waals surface area contributed by atoms with Gasteiger partial charge in [-0.05, 0) is 115 Å². The molecule has 0 aliphatic rings. The number of esters is 1. The minimum atomic E-state index is -4.72. The van der Waals surface area contributed by atoms with Crippen molar-refractivity contribution in [2.45, 2.75) is 303 Å². The Balaban J connectivity index is 5.24. The predicted octanol–water partition coefficient (Wildman–Crippen LogP) is 21.0. The summed E-state index contributed by atoms with van der Waals surface area (Å²) in [6.45, 7) is 6.70. The van der Waals surface area contributed by atoms with Gasteiger partial charge in [0.05, 0.1) is 33.8 Å². The second-order valence-electron chi connectivity index (χ2n) is 23.9. The lowest BCUT2D eigenvalue weighted by Crippen LogP contribution is -2.47. The zero-order chi connectivity index (χ0) is 60.7. The summed E-state index contributed by atoms with van der Waals surface area (Å²) in [6.07, 6.45) is 84.8. The maximum atomic E-state index is 13.6. The Labute approximate surface area is 512 Å². The quantitative estimate of drug-likeness (QED) is 0.0212. The molecule has 0 aromatic heterocycles. The number of quaternary nitrogens is 1. The van der Waals surface area contributed by atoms with Crippen molar-refractivity contribution in [3.05, 3.63) is 109 Å². The molecule has 83 heavy (non-hydrogen) atoms. The van der Waals surface area contributed by atoms with Crippen LogP contribution in [0.5, 0.6) is 0 Å². The van der Waals surface area contributed by atoms with Crippen LogP contribution in [0.4, 0.5) is 0 Å². The van der Waals surface area contributed by atoms with Gasteiger partial charge in [0.15, 0.2) is 0 Å². The molecule has 1 amide bonds. The third-order valence-electron chi connectivity index (χ3n) is 14.7. The molecule has 0 fully saturated rings. The molecule has 0 aliphatic carbocycles. The van der Waals surface area contributed by atoms with Crippen LogP contribution in [0.3, 0.4) is 0 Å². The molecule has 3 unspecified atom stereocenters. The lowest BCUT2D eigenvalue weighted by molar-refractivity contribution is -0.870. The number of phosphoric acid groups is 1. The standard InChI is InChI=1S/C73H129N2O7P/c1-7-10-13-16-19-22-25-28-30-32-34-36-37-39-41-43-45-48-51-54-57-60-63-66-73(77)82-71(64-61-58-55-52-49-46-27-24-21-18-15-12-9-3)70(69-81-83(78,79)80-68-67-75(4,5)6)74-72(76)65-62-59-56-53-50-47-44-42-40-38-35-33-31-29-26-23-20-17-14-11-8-2/h10,13,19-20,22-23,28-31,34,36,39,41,45,48,61,64,70-71H,7-9,11-12,14-18,21,24-27,32-33,35,37-38,40,42-44,46-47,49-60,62-63,65-69H2,1-6H3,(H-,74,76,78,79)/b13-10-,22-19-,23-20-,30-28-,31-29-,36-34-,41-39-,48-45-,64-61+. The number of likely N-dealkylation sites (N-methyl/N-ethyl adjacent to an activating group) is 1. The van der Waals surface area contributed by atoms with Crippen molar-refractivity contribution in [2.75, 3.05) is 40.9 Å². The van der Waals surface area contributed by atoms with Gasteiger partial charge in [-0.15, -0.1) is 0 Å². The van der Waals surface area contributed by atoms with Gasteiger partial charge in [-0.25, -0.2) is 0 Å². The van der Waals surface area contributed by atoms with E-state index in [1.54, 1.807) is 0 Å². The smallest absolute Gasteiger partial charge is 0.306 e. The highest BCUT2D eigenvalue weighted by atomic mass is 31.2. The fraction of sp³-hybridized carbons (Fsp3) is 0.726. The first-order valence-corrected chi connectivity index (χ1v) is 35.7. The third kappa shape index (κ3) is 63.0. The van der Waals surface area contributed by atoms with Crippen LogP contribution >= 0.6 is 7.82 Å². The number of nitrogens with one attached hydrogen (secondary N) is 1. The van der Waals surface area contributed by atoms with Crippen molar-refractivity contribution in [1.82, 2.24) is 5.32 Å². The molecule has 0 radical (unpaired) electrons. The molecular weight excluding hydrogens is 1050 g/mol. The first-order chi connectivity index (χ1) is 40.4. The molecule has 0 aliphatic heterocycles. The maximum absolute atomic E-state index is 13.6. The zero-order valence-corrected chi connectivity index (χ0v) is 55.5. The van der Waals surface area contributed by atoms with Crippen LogP contribution in [0.2, 0.25) is 0 Å². The topological polar surface area (TPSA) is 114 Å². The van der Waals surface area contributed by atoms with Crippen molar-refractivity contribution in [3.63, 3.8) is 0 Å². The lowest BCUT2D eigenvalue weighted by atomic mass is 10.0. The molecule has 0 aromatic carbocycles. The third-order valence-corrected chi connectivity index (χ3v) is 15.7. The molecule has 3 atom stereocenters. The molecule has 0 saturated carbocycles. The second-order valence-corrected chi connectivity index (χ2v) is 25.4. The molecule has 478 valence electrons. The average molecular weight is 1180 g/mol. The van der Waals surface area contributed by atoms with Crippen LogP contribution in [0.25, 0.3) is 0 Å². The predicted molar refractivity (Wildman–Crippen MR) is 357 cm³/mol. The Morgan fingerprint density at radius 2 is 0.771 bits per heavy atom. The SMILES string of the molecule is CC/C=C\C/C=C\C/C=C\C/C=C\C/C=C\C/C=C\CCCCCCC(=O)OC(/C=C/CCCCCCCCCCCCC)C(COP(=O)([O-])OCC[N+](C)(C)C)NC(=O)CCCCCCCCCCCCC/C=C\C/C=C\CCCCC. The van der Waals surface area contributed by atoms with E-state index in [9.17, 15) is 19.0 Å². The number of hydrogen-bond donors (Lipinski definition) is 1. The van der Waals surface area contributed by atoms with Gasteiger partial charge in [-0.2, -0.15) is 0 Å². The number of unbranched alkanes of at least 4 members (excludes halogenated alkanes) is 29. The van der Waals surface area contributed by atoms with E-state index in [-0.39, 0.29) is 24.9 Å². The van der Waals surface area contributed by atoms with Crippen LogP contribution in [-0.4, -0.2) is 69.4 Å². The molecule has 10 heteroatoms. The summed E-state index contributed by atoms with van der Waals surface area (Å²) < 4.78 is 30.4. The molecule has 0 bridgehead atoms. The average Bonchev–Trinajstić information content (AvgIpc) is 3.47. The molecule has 0 saturated heterocycles. The Hall–Kier alpha value is -3.33. The van der Waals surface area contributed by atoms with E-state index in [0.29, 0.717) is 23.9 Å². The highest BCUT2D eigenvalue weighted by molar-refractivity contribution is 7.45. The Bertz CT molecular complexity index is 1790. The molecule has 0 spiro atoms. The van der Waals surface area contributed by atoms with E-state index in [1.165, 1.54) is 135 Å². The van der Waals surface area contributed by atoms with Crippen molar-refractivity contribution in [3.8, 4) is 0 Å². The monoisotopic (exact) mass is 1180 g/mol. The number of hydrogen-bond acceptors (Lipinski definition) is 7. The summed E-state index contributed by atoms with van der Waals surface area (Å²) in [6, 6.07) is -0.908.